The van der Waals surface area contributed by atoms with Crippen molar-refractivity contribution in [1.82, 2.24) is 9.62 Å². The monoisotopic (exact) mass is 312 g/mol. The lowest BCUT2D eigenvalue weighted by Gasteiger charge is -2.23. The minimum Gasteiger partial charge on any atom is -0.377 e. The average molecular weight is 312 g/mol. The normalized spacial score (nSPS) is 19.9. The molecule has 0 aliphatic carbocycles. The van der Waals surface area contributed by atoms with Crippen molar-refractivity contribution in [3.05, 3.63) is 29.8 Å². The van der Waals surface area contributed by atoms with E-state index in [1.807, 2.05) is 12.1 Å². The Labute approximate surface area is 127 Å². The zero-order valence-electron chi connectivity index (χ0n) is 12.7. The lowest BCUT2D eigenvalue weighted by atomic mass is 10.1. The highest BCUT2D eigenvalue weighted by Gasteiger charge is 2.20. The van der Waals surface area contributed by atoms with E-state index in [2.05, 4.69) is 5.32 Å². The highest BCUT2D eigenvalue weighted by Crippen LogP contribution is 2.18. The second-order valence-corrected chi connectivity index (χ2v) is 7.63. The van der Waals surface area contributed by atoms with Gasteiger partial charge in [0.2, 0.25) is 10.0 Å². The average Bonchev–Trinajstić information content (AvgIpc) is 2.48. The van der Waals surface area contributed by atoms with Crippen LogP contribution in [0.1, 0.15) is 24.8 Å². The maximum absolute atomic E-state index is 12.3. The van der Waals surface area contributed by atoms with Crippen molar-refractivity contribution in [2.75, 3.05) is 27.2 Å². The number of hydrogen-bond donors (Lipinski definition) is 1. The van der Waals surface area contributed by atoms with Gasteiger partial charge in [0.1, 0.15) is 0 Å². The second-order valence-electron chi connectivity index (χ2n) is 5.51. The molecule has 1 N–H and O–H groups in total. The molecule has 1 aliphatic rings. The first-order valence-electron chi connectivity index (χ1n) is 7.34. The molecule has 5 nitrogen and oxygen atoms in total. The molecule has 1 aliphatic heterocycles. The molecule has 0 spiro atoms. The molecule has 0 amide bonds. The summed E-state index contributed by atoms with van der Waals surface area (Å²) in [6.45, 7) is 2.12. The van der Waals surface area contributed by atoms with Gasteiger partial charge in [-0.2, -0.15) is 0 Å². The molecule has 0 aromatic heterocycles. The number of hydrogen-bond acceptors (Lipinski definition) is 4. The van der Waals surface area contributed by atoms with E-state index < -0.39 is 10.0 Å². The topological polar surface area (TPSA) is 58.6 Å². The molecule has 0 bridgehead atoms. The Morgan fingerprint density at radius 3 is 2.71 bits per heavy atom. The largest absolute Gasteiger partial charge is 0.377 e. The van der Waals surface area contributed by atoms with Gasteiger partial charge in [-0.3, -0.25) is 0 Å². The smallest absolute Gasteiger partial charge is 0.242 e. The molecular formula is C15H24N2O3S. The molecule has 1 fully saturated rings. The molecule has 1 heterocycles. The summed E-state index contributed by atoms with van der Waals surface area (Å²) in [6.07, 6.45) is 3.67. The van der Waals surface area contributed by atoms with Gasteiger partial charge in [-0.25, -0.2) is 12.7 Å². The maximum atomic E-state index is 12.3. The number of nitrogens with zero attached hydrogens (tertiary/aromatic N) is 1. The van der Waals surface area contributed by atoms with Gasteiger partial charge in [0, 0.05) is 33.8 Å². The fourth-order valence-corrected chi connectivity index (χ4v) is 3.55. The summed E-state index contributed by atoms with van der Waals surface area (Å²) in [6, 6.07) is 7.13. The van der Waals surface area contributed by atoms with Crippen LogP contribution >= 0.6 is 0 Å². The van der Waals surface area contributed by atoms with Crippen LogP contribution < -0.4 is 5.32 Å². The van der Waals surface area contributed by atoms with Gasteiger partial charge in [-0.1, -0.05) is 18.2 Å². The van der Waals surface area contributed by atoms with E-state index in [-0.39, 0.29) is 6.10 Å². The van der Waals surface area contributed by atoms with E-state index in [0.717, 1.165) is 31.6 Å². The molecule has 0 radical (unpaired) electrons. The van der Waals surface area contributed by atoms with Crippen LogP contribution in [-0.4, -0.2) is 46.1 Å². The number of nitrogens with one attached hydrogen (secondary N) is 1. The van der Waals surface area contributed by atoms with E-state index in [1.54, 1.807) is 26.2 Å². The van der Waals surface area contributed by atoms with Crippen molar-refractivity contribution < 1.29 is 13.2 Å². The number of ether oxygens (including phenoxy) is 1. The van der Waals surface area contributed by atoms with Gasteiger partial charge < -0.3 is 10.1 Å². The van der Waals surface area contributed by atoms with Crippen LogP contribution in [0.2, 0.25) is 0 Å². The molecule has 1 aromatic rings. The summed E-state index contributed by atoms with van der Waals surface area (Å²) >= 11 is 0. The number of sulfonamides is 1. The molecular weight excluding hydrogens is 288 g/mol. The zero-order chi connectivity index (χ0) is 15.3. The van der Waals surface area contributed by atoms with Gasteiger partial charge in [-0.05, 0) is 30.9 Å². The third kappa shape index (κ3) is 4.26. The standard InChI is InChI=1S/C15H24N2O3S/c1-17(2)21(18,19)15-9-4-3-7-13(15)11-16-12-14-8-5-6-10-20-14/h3-4,7,9,14,16H,5-6,8,10-12H2,1-2H3. The lowest BCUT2D eigenvalue weighted by molar-refractivity contribution is 0.0167. The van der Waals surface area contributed by atoms with Crippen LogP contribution in [0.15, 0.2) is 29.2 Å². The van der Waals surface area contributed by atoms with Crippen LogP contribution in [0, 0.1) is 0 Å². The van der Waals surface area contributed by atoms with Gasteiger partial charge in [0.05, 0.1) is 11.0 Å². The fourth-order valence-electron chi connectivity index (χ4n) is 2.43. The Hall–Kier alpha value is -0.950. The molecule has 6 heteroatoms. The van der Waals surface area contributed by atoms with Crippen LogP contribution in [0.5, 0.6) is 0 Å². The second kappa shape index (κ2) is 7.35. The van der Waals surface area contributed by atoms with E-state index in [4.69, 9.17) is 4.74 Å². The zero-order valence-corrected chi connectivity index (χ0v) is 13.5. The summed E-state index contributed by atoms with van der Waals surface area (Å²) in [5.74, 6) is 0. The predicted octanol–water partition coefficient (Wildman–Crippen LogP) is 1.60. The van der Waals surface area contributed by atoms with E-state index in [1.165, 1.54) is 10.7 Å². The van der Waals surface area contributed by atoms with Crippen LogP contribution in [0.25, 0.3) is 0 Å². The summed E-state index contributed by atoms with van der Waals surface area (Å²) in [4.78, 5) is 0.368. The molecule has 1 atom stereocenters. The Bertz CT molecular complexity index is 552. The van der Waals surface area contributed by atoms with Crippen molar-refractivity contribution in [3.8, 4) is 0 Å². The van der Waals surface area contributed by atoms with Crippen LogP contribution in [0.4, 0.5) is 0 Å². The summed E-state index contributed by atoms with van der Waals surface area (Å²) < 4.78 is 31.5. The number of rotatable bonds is 6. The summed E-state index contributed by atoms with van der Waals surface area (Å²) in [5, 5.41) is 3.31. The first-order valence-corrected chi connectivity index (χ1v) is 8.78. The van der Waals surface area contributed by atoms with Gasteiger partial charge in [0.15, 0.2) is 0 Å². The third-order valence-corrected chi connectivity index (χ3v) is 5.61. The number of benzene rings is 1. The van der Waals surface area contributed by atoms with Crippen molar-refractivity contribution in [2.24, 2.45) is 0 Å². The molecule has 118 valence electrons. The van der Waals surface area contributed by atoms with Crippen molar-refractivity contribution in [2.45, 2.75) is 36.8 Å². The Kier molecular flexibility index (Phi) is 5.75. The molecule has 1 unspecified atom stereocenters. The van der Waals surface area contributed by atoms with E-state index in [9.17, 15) is 8.42 Å². The SMILES string of the molecule is CN(C)S(=O)(=O)c1ccccc1CNCC1CCCCO1. The Morgan fingerprint density at radius 1 is 1.29 bits per heavy atom. The predicted molar refractivity (Wildman–Crippen MR) is 82.6 cm³/mol. The van der Waals surface area contributed by atoms with E-state index >= 15 is 0 Å². The van der Waals surface area contributed by atoms with Crippen molar-refractivity contribution in [1.29, 1.82) is 0 Å². The molecule has 0 saturated carbocycles. The van der Waals surface area contributed by atoms with Gasteiger partial charge in [0.25, 0.3) is 0 Å². The first-order chi connectivity index (χ1) is 10.0. The third-order valence-electron chi connectivity index (χ3n) is 3.69. The minimum atomic E-state index is -3.40. The molecule has 1 saturated heterocycles. The summed E-state index contributed by atoms with van der Waals surface area (Å²) in [7, 11) is -0.299. The Morgan fingerprint density at radius 2 is 2.05 bits per heavy atom. The van der Waals surface area contributed by atoms with Crippen molar-refractivity contribution >= 4 is 10.0 Å². The minimum absolute atomic E-state index is 0.247. The molecule has 21 heavy (non-hydrogen) atoms. The van der Waals surface area contributed by atoms with Crippen LogP contribution in [0.3, 0.4) is 0 Å². The Balaban J connectivity index is 2.00. The van der Waals surface area contributed by atoms with E-state index in [0.29, 0.717) is 11.4 Å². The quantitative estimate of drug-likeness (QED) is 0.867. The summed E-state index contributed by atoms with van der Waals surface area (Å²) in [5.41, 5.74) is 0.794. The highest BCUT2D eigenvalue weighted by atomic mass is 32.2. The van der Waals surface area contributed by atoms with Crippen LogP contribution in [-0.2, 0) is 21.3 Å². The first kappa shape index (κ1) is 16.4. The highest BCUT2D eigenvalue weighted by molar-refractivity contribution is 7.89. The fraction of sp³-hybridized carbons (Fsp3) is 0.600. The maximum Gasteiger partial charge on any atom is 0.242 e. The lowest BCUT2D eigenvalue weighted by Crippen LogP contribution is -2.32. The van der Waals surface area contributed by atoms with Crippen molar-refractivity contribution in [3.63, 3.8) is 0 Å². The van der Waals surface area contributed by atoms with Gasteiger partial charge >= 0.3 is 0 Å². The molecule has 1 aromatic carbocycles. The van der Waals surface area contributed by atoms with Gasteiger partial charge in [-0.15, -0.1) is 0 Å². The molecule has 2 rings (SSSR count).